The Bertz CT molecular complexity index is 2800. The number of aryl methyl sites for hydroxylation is 2. The molecule has 0 saturated carbocycles. The number of nitrogens with one attached hydrogen (secondary N) is 4. The van der Waals surface area contributed by atoms with Crippen molar-refractivity contribution in [3.8, 4) is 0 Å². The molecule has 5 aromatic carbocycles. The minimum absolute atomic E-state index is 0.0143. The van der Waals surface area contributed by atoms with Gasteiger partial charge < -0.3 is 21.3 Å². The van der Waals surface area contributed by atoms with E-state index in [2.05, 4.69) is 41.7 Å². The van der Waals surface area contributed by atoms with Gasteiger partial charge in [0.1, 0.15) is 0 Å². The molecule has 5 rings (SSSR count). The largest absolute Gasteiger partial charge is 0.324 e. The number of azo groups is 2. The lowest BCUT2D eigenvalue weighted by molar-refractivity contribution is -0.127. The van der Waals surface area contributed by atoms with Gasteiger partial charge in [0, 0.05) is 11.4 Å². The van der Waals surface area contributed by atoms with Gasteiger partial charge in [-0.15, -0.1) is 0 Å². The summed E-state index contributed by atoms with van der Waals surface area (Å²) in [5.41, 5.74) is 1.67. The lowest BCUT2D eigenvalue weighted by Crippen LogP contribution is -2.33. The molecule has 0 aliphatic carbocycles. The van der Waals surface area contributed by atoms with Crippen molar-refractivity contribution in [1.82, 2.24) is 0 Å². The Morgan fingerprint density at radius 2 is 0.812 bits per heavy atom. The van der Waals surface area contributed by atoms with Gasteiger partial charge in [-0.3, -0.25) is 28.8 Å². The van der Waals surface area contributed by atoms with Crippen molar-refractivity contribution in [1.29, 1.82) is 0 Å². The van der Waals surface area contributed by atoms with Crippen LogP contribution in [0.25, 0.3) is 0 Å². The number of rotatable bonds is 14. The zero-order valence-corrected chi connectivity index (χ0v) is 39.4. The highest BCUT2D eigenvalue weighted by molar-refractivity contribution is 6.47. The second-order valence-electron chi connectivity index (χ2n) is 13.6. The number of hydrogen-bond acceptors (Lipinski definition) is 10. The minimum Gasteiger partial charge on any atom is -0.324 e. The van der Waals surface area contributed by atoms with Crippen molar-refractivity contribution in [2.24, 2.45) is 20.5 Å². The number of nitrogens with zero attached hydrogens (tertiary/aromatic N) is 4. The normalized spacial score (nSPS) is 12.2. The summed E-state index contributed by atoms with van der Waals surface area (Å²) in [7, 11) is 0. The Kier molecular flexibility index (Phi) is 16.9. The van der Waals surface area contributed by atoms with Gasteiger partial charge >= 0.3 is 0 Å². The molecule has 0 saturated heterocycles. The van der Waals surface area contributed by atoms with Crippen LogP contribution in [-0.4, -0.2) is 47.3 Å². The molecule has 2 unspecified atom stereocenters. The van der Waals surface area contributed by atoms with Gasteiger partial charge in [-0.25, -0.2) is 0 Å². The highest BCUT2D eigenvalue weighted by Gasteiger charge is 2.27. The summed E-state index contributed by atoms with van der Waals surface area (Å²) >= 11 is 49.5. The van der Waals surface area contributed by atoms with E-state index in [1.54, 1.807) is 13.8 Å². The van der Waals surface area contributed by atoms with Crippen LogP contribution in [0.4, 0.5) is 34.1 Å². The molecule has 0 heterocycles. The fourth-order valence-electron chi connectivity index (χ4n) is 5.66. The lowest BCUT2D eigenvalue weighted by atomic mass is 10.1. The number of carbonyl (C=O) groups is 6. The fraction of sp³-hybridized carbons (Fsp3) is 0.143. The number of hydrogen-bond donors (Lipinski definition) is 4. The molecule has 0 radical (unpaired) electrons. The summed E-state index contributed by atoms with van der Waals surface area (Å²) in [6, 6.07) is 13.8. The molecule has 330 valence electrons. The number of amides is 4. The third-order valence-corrected chi connectivity index (χ3v) is 11.7. The van der Waals surface area contributed by atoms with E-state index >= 15 is 0 Å². The summed E-state index contributed by atoms with van der Waals surface area (Å²) in [6.45, 7) is 5.58. The van der Waals surface area contributed by atoms with E-state index < -0.39 is 47.3 Å². The Labute approximate surface area is 405 Å². The SMILES string of the molecule is CC(=O)C(N=Nc1ccc(Cl)c(C(=O)Nc2c(Cl)ccc(Cl)c2Cl)c1)C(=O)Nc1cc(C)c(NC(=O)C(N=Nc2ccc(Cl)c(C(=O)Nc3c(Cl)ccc(Cl)c3Cl)c2)C(C)=O)c(C)c1. The van der Waals surface area contributed by atoms with E-state index in [-0.39, 0.29) is 79.7 Å². The van der Waals surface area contributed by atoms with Crippen molar-refractivity contribution in [2.75, 3.05) is 21.3 Å². The van der Waals surface area contributed by atoms with Crippen LogP contribution >= 0.6 is 92.8 Å². The molecule has 0 bridgehead atoms. The van der Waals surface area contributed by atoms with E-state index in [9.17, 15) is 28.8 Å². The third kappa shape index (κ3) is 12.1. The smallest absolute Gasteiger partial charge is 0.258 e. The summed E-state index contributed by atoms with van der Waals surface area (Å²) in [6.07, 6.45) is 0. The van der Waals surface area contributed by atoms with Gasteiger partial charge in [0.2, 0.25) is 12.1 Å². The molecule has 4 N–H and O–H groups in total. The molecular formula is C42H30Cl8N8O6. The number of anilines is 4. The number of benzene rings is 5. The number of Topliss-reactive ketones (excluding diaryl/α,β-unsaturated/α-hetero) is 2. The predicted molar refractivity (Wildman–Crippen MR) is 253 cm³/mol. The summed E-state index contributed by atoms with van der Waals surface area (Å²) in [4.78, 5) is 78.3. The van der Waals surface area contributed by atoms with Crippen LogP contribution in [0.2, 0.25) is 40.2 Å². The maximum absolute atomic E-state index is 13.4. The van der Waals surface area contributed by atoms with Crippen LogP contribution in [-0.2, 0) is 19.2 Å². The number of carbonyl (C=O) groups excluding carboxylic acids is 6. The quantitative estimate of drug-likeness (QED) is 0.0484. The Balaban J connectivity index is 1.27. The number of halogens is 8. The van der Waals surface area contributed by atoms with Crippen LogP contribution in [0.3, 0.4) is 0 Å². The summed E-state index contributed by atoms with van der Waals surface area (Å²) in [5, 5.41) is 27.1. The summed E-state index contributed by atoms with van der Waals surface area (Å²) < 4.78 is 0. The van der Waals surface area contributed by atoms with E-state index in [0.717, 1.165) is 13.8 Å². The van der Waals surface area contributed by atoms with E-state index in [4.69, 9.17) is 92.8 Å². The second-order valence-corrected chi connectivity index (χ2v) is 16.8. The zero-order valence-electron chi connectivity index (χ0n) is 33.3. The monoisotopic (exact) mass is 1020 g/mol. The van der Waals surface area contributed by atoms with Crippen molar-refractivity contribution in [3.63, 3.8) is 0 Å². The van der Waals surface area contributed by atoms with Crippen molar-refractivity contribution in [2.45, 2.75) is 39.8 Å². The lowest BCUT2D eigenvalue weighted by Gasteiger charge is -2.17. The predicted octanol–water partition coefficient (Wildman–Crippen LogP) is 13.4. The highest BCUT2D eigenvalue weighted by Crippen LogP contribution is 2.38. The van der Waals surface area contributed by atoms with Gasteiger partial charge in [-0.2, -0.15) is 20.5 Å². The van der Waals surface area contributed by atoms with Crippen LogP contribution in [0.5, 0.6) is 0 Å². The van der Waals surface area contributed by atoms with Crippen molar-refractivity contribution in [3.05, 3.63) is 135 Å². The first-order valence-electron chi connectivity index (χ1n) is 18.2. The molecular weight excluding hydrogens is 996 g/mol. The van der Waals surface area contributed by atoms with E-state index in [1.807, 2.05) is 0 Å². The summed E-state index contributed by atoms with van der Waals surface area (Å²) in [5.74, 6) is -4.36. The standard InChI is InChI=1S/C42H30Cl8N8O6/c1-17-13-23(51-41(63)35(19(3)59)57-55-21-5-7-26(43)24(15-21)39(61)53-37-30(47)11-9-28(45)32(37)49)14-18(2)34(17)52-42(64)36(20(4)60)58-56-22-6-8-27(44)25(16-22)40(62)54-38-31(48)12-10-29(46)33(38)50/h5-16,35-36H,1-4H3,(H,51,63)(H,52,64)(H,53,61)(H,54,62). The molecule has 2 atom stereocenters. The highest BCUT2D eigenvalue weighted by atomic mass is 35.5. The van der Waals surface area contributed by atoms with Gasteiger partial charge in [-0.05, 0) is 112 Å². The van der Waals surface area contributed by atoms with Crippen LogP contribution < -0.4 is 21.3 Å². The molecule has 5 aromatic rings. The molecule has 0 aliphatic rings. The van der Waals surface area contributed by atoms with Gasteiger partial charge in [0.25, 0.3) is 23.6 Å². The average Bonchev–Trinajstić information content (AvgIpc) is 3.23. The molecule has 4 amide bonds. The second kappa shape index (κ2) is 21.7. The van der Waals surface area contributed by atoms with E-state index in [0.29, 0.717) is 16.8 Å². The van der Waals surface area contributed by atoms with Crippen LogP contribution in [0, 0.1) is 13.8 Å². The van der Waals surface area contributed by atoms with Gasteiger partial charge in [0.15, 0.2) is 11.6 Å². The van der Waals surface area contributed by atoms with Crippen LogP contribution in [0.15, 0.2) is 93.3 Å². The average molecular weight is 1030 g/mol. The number of ketones is 2. The van der Waals surface area contributed by atoms with Crippen molar-refractivity contribution < 1.29 is 28.8 Å². The molecule has 0 fully saturated rings. The van der Waals surface area contributed by atoms with Crippen LogP contribution in [0.1, 0.15) is 45.7 Å². The van der Waals surface area contributed by atoms with E-state index in [1.165, 1.54) is 72.8 Å². The minimum atomic E-state index is -1.61. The first-order chi connectivity index (χ1) is 30.2. The maximum atomic E-state index is 13.4. The van der Waals surface area contributed by atoms with Gasteiger partial charge in [-0.1, -0.05) is 92.8 Å². The van der Waals surface area contributed by atoms with Gasteiger partial charge in [0.05, 0.1) is 74.1 Å². The maximum Gasteiger partial charge on any atom is 0.258 e. The topological polar surface area (TPSA) is 200 Å². The Morgan fingerprint density at radius 3 is 1.20 bits per heavy atom. The zero-order chi connectivity index (χ0) is 47.2. The third-order valence-electron chi connectivity index (χ3n) is 8.85. The Morgan fingerprint density at radius 1 is 0.453 bits per heavy atom. The molecule has 64 heavy (non-hydrogen) atoms. The molecule has 0 aromatic heterocycles. The molecule has 0 spiro atoms. The first kappa shape index (κ1) is 49.8. The molecule has 0 aliphatic heterocycles. The molecule has 14 nitrogen and oxygen atoms in total. The fourth-order valence-corrected chi connectivity index (χ4v) is 7.32. The van der Waals surface area contributed by atoms with Crippen molar-refractivity contribution >= 4 is 162 Å². The molecule has 22 heteroatoms. The first-order valence-corrected chi connectivity index (χ1v) is 21.2. The Hall–Kier alpha value is -5.16.